The normalized spacial score (nSPS) is 22.2. The van der Waals surface area contributed by atoms with Crippen LogP contribution in [0, 0.1) is 11.7 Å². The molecule has 2 N–H and O–H groups in total. The number of amides is 1. The topological polar surface area (TPSA) is 66.4 Å². The molecular weight excluding hydrogens is 317 g/mol. The van der Waals surface area contributed by atoms with Crippen LogP contribution < -0.4 is 5.32 Å². The molecule has 4 nitrogen and oxygen atoms in total. The van der Waals surface area contributed by atoms with E-state index in [1.807, 2.05) is 0 Å². The summed E-state index contributed by atoms with van der Waals surface area (Å²) < 4.78 is 13.3. The van der Waals surface area contributed by atoms with E-state index in [0.29, 0.717) is 18.4 Å². The number of carbonyl (C=O) groups excluding carboxylic acids is 1. The number of nitrogens with one attached hydrogen (secondary N) is 1. The molecule has 0 heterocycles. The summed E-state index contributed by atoms with van der Waals surface area (Å²) in [6.45, 7) is 0. The molecule has 1 saturated carbocycles. The van der Waals surface area contributed by atoms with Crippen LogP contribution in [0.15, 0.2) is 22.7 Å². The van der Waals surface area contributed by atoms with E-state index in [2.05, 4.69) is 21.2 Å². The summed E-state index contributed by atoms with van der Waals surface area (Å²) in [5.41, 5.74) is 0.310. The Kier molecular flexibility index (Phi) is 4.19. The van der Waals surface area contributed by atoms with Gasteiger partial charge in [0.2, 0.25) is 0 Å². The molecule has 2 rings (SSSR count). The molecule has 19 heavy (non-hydrogen) atoms. The molecule has 0 radical (unpaired) electrons. The van der Waals surface area contributed by atoms with Crippen molar-refractivity contribution in [1.29, 1.82) is 0 Å². The van der Waals surface area contributed by atoms with Gasteiger partial charge in [-0.25, -0.2) is 4.39 Å². The van der Waals surface area contributed by atoms with Crippen LogP contribution in [0.4, 0.5) is 4.39 Å². The number of aliphatic carboxylic acids is 1. The molecule has 0 spiro atoms. The standard InChI is InChI=1S/C13H13BrFNO3/c14-9-6-7(4-5-10(9)15)12(17)16-11-3-1-2-8(11)13(18)19/h4-6,8,11H,1-3H2,(H,16,17)(H,18,19). The molecule has 1 amide bonds. The van der Waals surface area contributed by atoms with Crippen LogP contribution in [0.5, 0.6) is 0 Å². The lowest BCUT2D eigenvalue weighted by molar-refractivity contribution is -0.142. The summed E-state index contributed by atoms with van der Waals surface area (Å²) in [5, 5.41) is 11.7. The third-order valence-electron chi connectivity index (χ3n) is 3.33. The van der Waals surface area contributed by atoms with Crippen LogP contribution in [0.1, 0.15) is 29.6 Å². The maximum absolute atomic E-state index is 13.1. The average molecular weight is 330 g/mol. The Hall–Kier alpha value is -1.43. The van der Waals surface area contributed by atoms with E-state index < -0.39 is 17.7 Å². The second-order valence-corrected chi connectivity index (χ2v) is 5.44. The first-order valence-corrected chi connectivity index (χ1v) is 6.77. The van der Waals surface area contributed by atoms with Crippen LogP contribution in [-0.2, 0) is 4.79 Å². The van der Waals surface area contributed by atoms with Gasteiger partial charge in [0.05, 0.1) is 10.4 Å². The van der Waals surface area contributed by atoms with Crippen LogP contribution >= 0.6 is 15.9 Å². The van der Waals surface area contributed by atoms with E-state index in [9.17, 15) is 14.0 Å². The van der Waals surface area contributed by atoms with E-state index >= 15 is 0 Å². The number of rotatable bonds is 3. The summed E-state index contributed by atoms with van der Waals surface area (Å²) >= 11 is 3.01. The van der Waals surface area contributed by atoms with Crippen LogP contribution in [0.25, 0.3) is 0 Å². The van der Waals surface area contributed by atoms with Gasteiger partial charge in [-0.3, -0.25) is 9.59 Å². The van der Waals surface area contributed by atoms with Gasteiger partial charge in [-0.1, -0.05) is 6.42 Å². The number of hydrogen-bond donors (Lipinski definition) is 2. The van der Waals surface area contributed by atoms with Crippen LogP contribution in [0.2, 0.25) is 0 Å². The van der Waals surface area contributed by atoms with Gasteiger partial charge < -0.3 is 10.4 Å². The lowest BCUT2D eigenvalue weighted by Gasteiger charge is -2.17. The fourth-order valence-electron chi connectivity index (χ4n) is 2.32. The highest BCUT2D eigenvalue weighted by atomic mass is 79.9. The highest BCUT2D eigenvalue weighted by molar-refractivity contribution is 9.10. The lowest BCUT2D eigenvalue weighted by Crippen LogP contribution is -2.40. The van der Waals surface area contributed by atoms with E-state index in [0.717, 1.165) is 6.42 Å². The van der Waals surface area contributed by atoms with Gasteiger partial charge in [0.1, 0.15) is 5.82 Å². The van der Waals surface area contributed by atoms with Gasteiger partial charge in [0, 0.05) is 11.6 Å². The molecule has 0 bridgehead atoms. The fraction of sp³-hybridized carbons (Fsp3) is 0.385. The Morgan fingerprint density at radius 3 is 2.74 bits per heavy atom. The van der Waals surface area contributed by atoms with Gasteiger partial charge in [-0.2, -0.15) is 0 Å². The quantitative estimate of drug-likeness (QED) is 0.895. The van der Waals surface area contributed by atoms with Crippen LogP contribution in [0.3, 0.4) is 0 Å². The summed E-state index contributed by atoms with van der Waals surface area (Å²) in [4.78, 5) is 23.0. The Morgan fingerprint density at radius 2 is 2.11 bits per heavy atom. The molecule has 1 aliphatic rings. The summed E-state index contributed by atoms with van der Waals surface area (Å²) in [6, 6.07) is 3.60. The van der Waals surface area contributed by atoms with E-state index in [4.69, 9.17) is 5.11 Å². The molecule has 1 aliphatic carbocycles. The largest absolute Gasteiger partial charge is 0.481 e. The molecule has 0 aromatic heterocycles. The van der Waals surface area contributed by atoms with Crippen LogP contribution in [-0.4, -0.2) is 23.0 Å². The van der Waals surface area contributed by atoms with Gasteiger partial charge in [-0.15, -0.1) is 0 Å². The molecule has 1 fully saturated rings. The monoisotopic (exact) mass is 329 g/mol. The zero-order chi connectivity index (χ0) is 14.0. The number of hydrogen-bond acceptors (Lipinski definition) is 2. The van der Waals surface area contributed by atoms with E-state index in [-0.39, 0.29) is 16.4 Å². The van der Waals surface area contributed by atoms with E-state index in [1.54, 1.807) is 0 Å². The minimum absolute atomic E-state index is 0.210. The van der Waals surface area contributed by atoms with Gasteiger partial charge in [-0.05, 0) is 47.0 Å². The Labute approximate surface area is 118 Å². The van der Waals surface area contributed by atoms with Crippen molar-refractivity contribution in [3.05, 3.63) is 34.1 Å². The molecule has 102 valence electrons. The van der Waals surface area contributed by atoms with E-state index in [1.165, 1.54) is 18.2 Å². The predicted octanol–water partition coefficient (Wildman–Crippen LogP) is 2.57. The molecule has 2 unspecified atom stereocenters. The van der Waals surface area contributed by atoms with Crippen molar-refractivity contribution in [2.45, 2.75) is 25.3 Å². The van der Waals surface area contributed by atoms with Crippen molar-refractivity contribution in [3.63, 3.8) is 0 Å². The number of benzene rings is 1. The van der Waals surface area contributed by atoms with Crippen molar-refractivity contribution in [2.24, 2.45) is 5.92 Å². The first-order chi connectivity index (χ1) is 8.99. The Balaban J connectivity index is 2.08. The smallest absolute Gasteiger partial charge is 0.308 e. The fourth-order valence-corrected chi connectivity index (χ4v) is 2.70. The zero-order valence-corrected chi connectivity index (χ0v) is 11.6. The minimum atomic E-state index is -0.886. The number of carboxylic acid groups (broad SMARTS) is 1. The minimum Gasteiger partial charge on any atom is -0.481 e. The number of carbonyl (C=O) groups is 2. The highest BCUT2D eigenvalue weighted by Gasteiger charge is 2.34. The van der Waals surface area contributed by atoms with Crippen molar-refractivity contribution >= 4 is 27.8 Å². The molecular formula is C13H13BrFNO3. The maximum Gasteiger partial charge on any atom is 0.308 e. The first kappa shape index (κ1) is 14.0. The third kappa shape index (κ3) is 3.12. The second kappa shape index (κ2) is 5.69. The third-order valence-corrected chi connectivity index (χ3v) is 3.94. The predicted molar refractivity (Wildman–Crippen MR) is 70.3 cm³/mol. The first-order valence-electron chi connectivity index (χ1n) is 5.98. The highest BCUT2D eigenvalue weighted by Crippen LogP contribution is 2.26. The molecule has 1 aromatic carbocycles. The molecule has 1 aromatic rings. The van der Waals surface area contributed by atoms with Crippen molar-refractivity contribution in [3.8, 4) is 0 Å². The maximum atomic E-state index is 13.1. The van der Waals surface area contributed by atoms with Gasteiger partial charge in [0.25, 0.3) is 5.91 Å². The van der Waals surface area contributed by atoms with Gasteiger partial charge in [0.15, 0.2) is 0 Å². The Bertz CT molecular complexity index is 521. The number of halogens is 2. The summed E-state index contributed by atoms with van der Waals surface area (Å²) in [7, 11) is 0. The molecule has 0 aliphatic heterocycles. The lowest BCUT2D eigenvalue weighted by atomic mass is 10.0. The second-order valence-electron chi connectivity index (χ2n) is 4.58. The van der Waals surface area contributed by atoms with Crippen molar-refractivity contribution < 1.29 is 19.1 Å². The van der Waals surface area contributed by atoms with Crippen molar-refractivity contribution in [2.75, 3.05) is 0 Å². The average Bonchev–Trinajstić information content (AvgIpc) is 2.80. The molecule has 2 atom stereocenters. The molecule has 6 heteroatoms. The zero-order valence-electron chi connectivity index (χ0n) is 10.0. The molecule has 0 saturated heterocycles. The summed E-state index contributed by atoms with van der Waals surface area (Å²) in [6.07, 6.45) is 2.02. The van der Waals surface area contributed by atoms with Crippen molar-refractivity contribution in [1.82, 2.24) is 5.32 Å². The SMILES string of the molecule is O=C(NC1CCCC1C(=O)O)c1ccc(F)c(Br)c1. The summed E-state index contributed by atoms with van der Waals surface area (Å²) in [5.74, 6) is -2.24. The Morgan fingerprint density at radius 1 is 1.37 bits per heavy atom. The van der Waals surface area contributed by atoms with Gasteiger partial charge >= 0.3 is 5.97 Å². The number of carboxylic acids is 1.